The fourth-order valence-corrected chi connectivity index (χ4v) is 1.89. The number of rotatable bonds is 4. The Morgan fingerprint density at radius 1 is 1.64 bits per heavy atom. The molecule has 0 radical (unpaired) electrons. The van der Waals surface area contributed by atoms with Crippen LogP contribution in [0, 0.1) is 17.1 Å². The molecule has 0 heterocycles. The Bertz CT molecular complexity index is 335. The Morgan fingerprint density at radius 3 is 3.00 bits per heavy atom. The summed E-state index contributed by atoms with van der Waals surface area (Å²) in [5.41, 5.74) is 0. The predicted octanol–water partition coefficient (Wildman–Crippen LogP) is 2.03. The van der Waals surface area contributed by atoms with E-state index in [9.17, 15) is 4.39 Å². The molecule has 1 rings (SSSR count). The van der Waals surface area contributed by atoms with Crippen molar-refractivity contribution >= 4 is 11.8 Å². The third-order valence-corrected chi connectivity index (χ3v) is 2.80. The normalized spacial score (nSPS) is 12.1. The van der Waals surface area contributed by atoms with Gasteiger partial charge in [-0.25, -0.2) is 4.39 Å². The highest BCUT2D eigenvalue weighted by molar-refractivity contribution is 7.99. The van der Waals surface area contributed by atoms with Gasteiger partial charge in [-0.05, 0) is 25.2 Å². The van der Waals surface area contributed by atoms with Gasteiger partial charge in [0.1, 0.15) is 11.9 Å². The van der Waals surface area contributed by atoms with Crippen LogP contribution in [0.2, 0.25) is 0 Å². The Balaban J connectivity index is 2.50. The number of nitriles is 1. The van der Waals surface area contributed by atoms with Crippen LogP contribution < -0.4 is 5.32 Å². The first-order valence-electron chi connectivity index (χ1n) is 4.21. The van der Waals surface area contributed by atoms with Crippen LogP contribution in [0.5, 0.6) is 0 Å². The predicted molar refractivity (Wildman–Crippen MR) is 55.6 cm³/mol. The van der Waals surface area contributed by atoms with Crippen molar-refractivity contribution in [1.29, 1.82) is 5.26 Å². The Labute approximate surface area is 87.1 Å². The molecule has 14 heavy (non-hydrogen) atoms. The number of nitrogens with zero attached hydrogens (tertiary/aromatic N) is 1. The molecule has 0 amide bonds. The molecule has 1 aromatic rings. The molecule has 0 spiro atoms. The van der Waals surface area contributed by atoms with Crippen LogP contribution in [0.1, 0.15) is 0 Å². The zero-order chi connectivity index (χ0) is 10.4. The van der Waals surface area contributed by atoms with E-state index in [0.717, 1.165) is 4.90 Å². The molecule has 1 unspecified atom stereocenters. The summed E-state index contributed by atoms with van der Waals surface area (Å²) in [6, 6.07) is 8.29. The van der Waals surface area contributed by atoms with Crippen LogP contribution in [0.3, 0.4) is 0 Å². The first-order chi connectivity index (χ1) is 6.76. The van der Waals surface area contributed by atoms with Gasteiger partial charge in [-0.3, -0.25) is 0 Å². The second-order valence-corrected chi connectivity index (χ2v) is 3.83. The molecule has 2 nitrogen and oxygen atoms in total. The van der Waals surface area contributed by atoms with Crippen LogP contribution in [0.25, 0.3) is 0 Å². The smallest absolute Gasteiger partial charge is 0.124 e. The Kier molecular flexibility index (Phi) is 4.44. The summed E-state index contributed by atoms with van der Waals surface area (Å²) in [5.74, 6) is 0.379. The molecule has 0 aliphatic rings. The van der Waals surface area contributed by atoms with Crippen LogP contribution in [-0.4, -0.2) is 18.8 Å². The minimum Gasteiger partial charge on any atom is -0.304 e. The molecule has 1 aromatic carbocycles. The van der Waals surface area contributed by atoms with E-state index < -0.39 is 0 Å². The van der Waals surface area contributed by atoms with Gasteiger partial charge < -0.3 is 5.32 Å². The van der Waals surface area contributed by atoms with E-state index in [0.29, 0.717) is 5.75 Å². The van der Waals surface area contributed by atoms with Crippen LogP contribution in [-0.2, 0) is 0 Å². The zero-order valence-electron chi connectivity index (χ0n) is 7.83. The second-order valence-electron chi connectivity index (χ2n) is 2.74. The second kappa shape index (κ2) is 5.63. The van der Waals surface area contributed by atoms with Gasteiger partial charge in [-0.1, -0.05) is 6.07 Å². The molecule has 0 saturated heterocycles. The van der Waals surface area contributed by atoms with Gasteiger partial charge in [0, 0.05) is 10.6 Å². The summed E-state index contributed by atoms with van der Waals surface area (Å²) >= 11 is 1.47. The number of nitrogens with one attached hydrogen (secondary N) is 1. The van der Waals surface area contributed by atoms with Gasteiger partial charge in [0.2, 0.25) is 0 Å². The average molecular weight is 210 g/mol. The van der Waals surface area contributed by atoms with Crippen molar-refractivity contribution in [2.24, 2.45) is 0 Å². The van der Waals surface area contributed by atoms with Crippen LogP contribution in [0.4, 0.5) is 4.39 Å². The van der Waals surface area contributed by atoms with Gasteiger partial charge in [-0.15, -0.1) is 11.8 Å². The number of thioether (sulfide) groups is 1. The van der Waals surface area contributed by atoms with E-state index in [2.05, 4.69) is 11.4 Å². The maximum absolute atomic E-state index is 12.8. The largest absolute Gasteiger partial charge is 0.304 e. The lowest BCUT2D eigenvalue weighted by Gasteiger charge is -2.06. The summed E-state index contributed by atoms with van der Waals surface area (Å²) in [7, 11) is 1.74. The van der Waals surface area contributed by atoms with E-state index in [1.54, 1.807) is 13.1 Å². The maximum atomic E-state index is 12.8. The fraction of sp³-hybridized carbons (Fsp3) is 0.300. The fourth-order valence-electron chi connectivity index (χ4n) is 0.921. The summed E-state index contributed by atoms with van der Waals surface area (Å²) < 4.78 is 12.8. The quantitative estimate of drug-likeness (QED) is 0.772. The number of halogens is 1. The van der Waals surface area contributed by atoms with E-state index >= 15 is 0 Å². The van der Waals surface area contributed by atoms with E-state index in [1.807, 2.05) is 6.07 Å². The van der Waals surface area contributed by atoms with Crippen molar-refractivity contribution < 1.29 is 4.39 Å². The molecule has 1 N–H and O–H groups in total. The molecule has 0 fully saturated rings. The highest BCUT2D eigenvalue weighted by Crippen LogP contribution is 2.19. The highest BCUT2D eigenvalue weighted by atomic mass is 32.2. The topological polar surface area (TPSA) is 35.8 Å². The molecular formula is C10H11FN2S. The van der Waals surface area contributed by atoms with Crippen LogP contribution >= 0.6 is 11.8 Å². The third kappa shape index (κ3) is 3.36. The summed E-state index contributed by atoms with van der Waals surface area (Å²) in [5, 5.41) is 11.5. The van der Waals surface area contributed by atoms with E-state index in [-0.39, 0.29) is 11.9 Å². The van der Waals surface area contributed by atoms with Crippen molar-refractivity contribution in [1.82, 2.24) is 5.32 Å². The zero-order valence-corrected chi connectivity index (χ0v) is 8.64. The van der Waals surface area contributed by atoms with Gasteiger partial charge in [0.15, 0.2) is 0 Å². The molecule has 4 heteroatoms. The molecule has 0 aliphatic carbocycles. The first kappa shape index (κ1) is 11.0. The maximum Gasteiger partial charge on any atom is 0.124 e. The monoisotopic (exact) mass is 210 g/mol. The van der Waals surface area contributed by atoms with Crippen LogP contribution in [0.15, 0.2) is 29.2 Å². The van der Waals surface area contributed by atoms with Gasteiger partial charge >= 0.3 is 0 Å². The Hall–Kier alpha value is -1.05. The number of hydrogen-bond donors (Lipinski definition) is 1. The minimum absolute atomic E-state index is 0.191. The standard InChI is InChI=1S/C10H11FN2S/c1-13-9(6-12)7-14-10-4-2-3-8(11)5-10/h2-5,9,13H,7H2,1H3. The van der Waals surface area contributed by atoms with Crippen molar-refractivity contribution in [2.45, 2.75) is 10.9 Å². The van der Waals surface area contributed by atoms with Crippen molar-refractivity contribution in [3.63, 3.8) is 0 Å². The molecule has 0 bridgehead atoms. The third-order valence-electron chi connectivity index (χ3n) is 1.72. The van der Waals surface area contributed by atoms with Gasteiger partial charge in [0.25, 0.3) is 0 Å². The van der Waals surface area contributed by atoms with Crippen molar-refractivity contribution in [3.8, 4) is 6.07 Å². The molecule has 1 atom stereocenters. The van der Waals surface area contributed by atoms with Gasteiger partial charge in [-0.2, -0.15) is 5.26 Å². The first-order valence-corrected chi connectivity index (χ1v) is 5.20. The lowest BCUT2D eigenvalue weighted by atomic mass is 10.3. The minimum atomic E-state index is -0.243. The highest BCUT2D eigenvalue weighted by Gasteiger charge is 2.04. The Morgan fingerprint density at radius 2 is 2.43 bits per heavy atom. The number of benzene rings is 1. The molecule has 0 aliphatic heterocycles. The van der Waals surface area contributed by atoms with E-state index in [4.69, 9.17) is 5.26 Å². The SMILES string of the molecule is CNC(C#N)CSc1cccc(F)c1. The molecular weight excluding hydrogens is 199 g/mol. The number of hydrogen-bond acceptors (Lipinski definition) is 3. The van der Waals surface area contributed by atoms with Crippen molar-refractivity contribution in [2.75, 3.05) is 12.8 Å². The lowest BCUT2D eigenvalue weighted by Crippen LogP contribution is -2.25. The van der Waals surface area contributed by atoms with Gasteiger partial charge in [0.05, 0.1) is 6.07 Å². The van der Waals surface area contributed by atoms with E-state index in [1.165, 1.54) is 23.9 Å². The molecule has 0 aromatic heterocycles. The molecule has 74 valence electrons. The molecule has 0 saturated carbocycles. The average Bonchev–Trinajstić information content (AvgIpc) is 2.19. The summed E-state index contributed by atoms with van der Waals surface area (Å²) in [4.78, 5) is 0.848. The lowest BCUT2D eigenvalue weighted by molar-refractivity contribution is 0.624. The summed E-state index contributed by atoms with van der Waals surface area (Å²) in [6.07, 6.45) is 0. The van der Waals surface area contributed by atoms with Crippen molar-refractivity contribution in [3.05, 3.63) is 30.1 Å². The summed E-state index contributed by atoms with van der Waals surface area (Å²) in [6.45, 7) is 0.